The molecule has 0 aliphatic carbocycles. The van der Waals surface area contributed by atoms with E-state index in [1.165, 1.54) is 0 Å². The van der Waals surface area contributed by atoms with Gasteiger partial charge in [-0.1, -0.05) is 37.5 Å². The number of allylic oxidation sites excluding steroid dienone is 6. The van der Waals surface area contributed by atoms with Crippen LogP contribution in [0.3, 0.4) is 0 Å². The fraction of sp³-hybridized carbons (Fsp3) is 0.100. The summed E-state index contributed by atoms with van der Waals surface area (Å²) in [7, 11) is 0. The van der Waals surface area contributed by atoms with Gasteiger partial charge in [0.2, 0.25) is 0 Å². The molecule has 0 rings (SSSR count). The highest BCUT2D eigenvalue weighted by molar-refractivity contribution is 5.75. The summed E-state index contributed by atoms with van der Waals surface area (Å²) in [6, 6.07) is 0. The average Bonchev–Trinajstić information content (AvgIpc) is 2.05. The molecule has 0 aliphatic heterocycles. The molecule has 0 spiro atoms. The van der Waals surface area contributed by atoms with Crippen LogP contribution in [-0.2, 0) is 4.79 Å². The standard InChI is InChI=1S/C10H12O/c1-4-6-7-10(5-2)9(3)8-11/h4-8H,1-2H2,3H3. The van der Waals surface area contributed by atoms with Gasteiger partial charge in [0.15, 0.2) is 0 Å². The molecule has 1 heteroatoms. The smallest absolute Gasteiger partial charge is 0.146 e. The Kier molecular flexibility index (Phi) is 4.74. The van der Waals surface area contributed by atoms with Crippen LogP contribution in [-0.4, -0.2) is 6.29 Å². The zero-order valence-corrected chi connectivity index (χ0v) is 6.71. The number of carbonyl (C=O) groups excluding carboxylic acids is 1. The molecule has 0 bridgehead atoms. The number of aldehydes is 1. The number of hydrogen-bond acceptors (Lipinski definition) is 1. The van der Waals surface area contributed by atoms with Gasteiger partial charge in [0.25, 0.3) is 0 Å². The summed E-state index contributed by atoms with van der Waals surface area (Å²) in [5, 5.41) is 0. The Morgan fingerprint density at radius 2 is 2.00 bits per heavy atom. The van der Waals surface area contributed by atoms with Crippen LogP contribution in [0.25, 0.3) is 0 Å². The van der Waals surface area contributed by atoms with E-state index < -0.39 is 0 Å². The summed E-state index contributed by atoms with van der Waals surface area (Å²) in [6.45, 7) is 8.85. The van der Waals surface area contributed by atoms with E-state index in [0.29, 0.717) is 5.57 Å². The quantitative estimate of drug-likeness (QED) is 0.340. The lowest BCUT2D eigenvalue weighted by Gasteiger charge is -1.93. The van der Waals surface area contributed by atoms with Crippen molar-refractivity contribution in [2.75, 3.05) is 0 Å². The van der Waals surface area contributed by atoms with Crippen molar-refractivity contribution in [3.8, 4) is 0 Å². The maximum Gasteiger partial charge on any atom is 0.146 e. The molecule has 0 heterocycles. The minimum atomic E-state index is 0.679. The molecule has 0 aliphatic rings. The Morgan fingerprint density at radius 1 is 1.36 bits per heavy atom. The fourth-order valence-electron chi connectivity index (χ4n) is 0.600. The summed E-state index contributed by atoms with van der Waals surface area (Å²) >= 11 is 0. The lowest BCUT2D eigenvalue weighted by molar-refractivity contribution is -0.104. The molecular formula is C10H12O. The lowest BCUT2D eigenvalue weighted by Crippen LogP contribution is -1.81. The summed E-state index contributed by atoms with van der Waals surface area (Å²) in [5.74, 6) is 0. The second-order valence-electron chi connectivity index (χ2n) is 2.06. The van der Waals surface area contributed by atoms with Gasteiger partial charge in [-0.15, -0.1) is 0 Å². The zero-order valence-electron chi connectivity index (χ0n) is 6.71. The van der Waals surface area contributed by atoms with Gasteiger partial charge in [0.05, 0.1) is 0 Å². The third kappa shape index (κ3) is 3.36. The summed E-state index contributed by atoms with van der Waals surface area (Å²) < 4.78 is 0. The molecule has 0 aromatic heterocycles. The first-order valence-corrected chi connectivity index (χ1v) is 3.33. The number of carbonyl (C=O) groups is 1. The van der Waals surface area contributed by atoms with E-state index in [9.17, 15) is 4.79 Å². The van der Waals surface area contributed by atoms with Crippen LogP contribution in [0, 0.1) is 0 Å². The van der Waals surface area contributed by atoms with Gasteiger partial charge in [-0.25, -0.2) is 0 Å². The van der Waals surface area contributed by atoms with Crippen molar-refractivity contribution >= 4 is 6.29 Å². The van der Waals surface area contributed by atoms with Crippen molar-refractivity contribution in [2.45, 2.75) is 6.92 Å². The highest BCUT2D eigenvalue weighted by Gasteiger charge is 1.90. The van der Waals surface area contributed by atoms with Crippen molar-refractivity contribution in [1.82, 2.24) is 0 Å². The molecule has 0 amide bonds. The van der Waals surface area contributed by atoms with Gasteiger partial charge in [0.1, 0.15) is 6.29 Å². The molecule has 0 saturated heterocycles. The van der Waals surface area contributed by atoms with Gasteiger partial charge < -0.3 is 0 Å². The van der Waals surface area contributed by atoms with Crippen LogP contribution in [0.5, 0.6) is 0 Å². The first kappa shape index (κ1) is 9.63. The second-order valence-corrected chi connectivity index (χ2v) is 2.06. The molecule has 1 nitrogen and oxygen atoms in total. The van der Waals surface area contributed by atoms with Gasteiger partial charge >= 0.3 is 0 Å². The van der Waals surface area contributed by atoms with Gasteiger partial charge in [0, 0.05) is 0 Å². The maximum atomic E-state index is 10.3. The highest BCUT2D eigenvalue weighted by atomic mass is 16.1. The van der Waals surface area contributed by atoms with Crippen LogP contribution in [0.1, 0.15) is 6.92 Å². The van der Waals surface area contributed by atoms with Crippen molar-refractivity contribution in [3.05, 3.63) is 48.6 Å². The SMILES string of the molecule is C=CC=CC(C=C)=C(C)C=O. The first-order valence-electron chi connectivity index (χ1n) is 3.33. The molecule has 0 unspecified atom stereocenters. The third-order valence-corrected chi connectivity index (χ3v) is 1.26. The molecule has 58 valence electrons. The largest absolute Gasteiger partial charge is 0.298 e. The maximum absolute atomic E-state index is 10.3. The van der Waals surface area contributed by atoms with Gasteiger partial charge in [-0.2, -0.15) is 0 Å². The molecule has 0 radical (unpaired) electrons. The predicted molar refractivity (Wildman–Crippen MR) is 48.3 cm³/mol. The second kappa shape index (κ2) is 5.42. The van der Waals surface area contributed by atoms with Crippen LogP contribution >= 0.6 is 0 Å². The van der Waals surface area contributed by atoms with E-state index in [-0.39, 0.29) is 0 Å². The average molecular weight is 148 g/mol. The zero-order chi connectivity index (χ0) is 8.69. The van der Waals surface area contributed by atoms with Crippen LogP contribution in [0.2, 0.25) is 0 Å². The Hall–Kier alpha value is -1.37. The Labute approximate surface area is 67.4 Å². The van der Waals surface area contributed by atoms with Gasteiger partial charge in [-0.3, -0.25) is 4.79 Å². The topological polar surface area (TPSA) is 17.1 Å². The van der Waals surface area contributed by atoms with E-state index in [4.69, 9.17) is 0 Å². The Morgan fingerprint density at radius 3 is 2.36 bits per heavy atom. The van der Waals surface area contributed by atoms with Crippen LogP contribution in [0.15, 0.2) is 48.6 Å². The van der Waals surface area contributed by atoms with Crippen molar-refractivity contribution in [3.63, 3.8) is 0 Å². The van der Waals surface area contributed by atoms with Crippen LogP contribution in [0.4, 0.5) is 0 Å². The monoisotopic (exact) mass is 148 g/mol. The number of hydrogen-bond donors (Lipinski definition) is 0. The molecule has 0 fully saturated rings. The van der Waals surface area contributed by atoms with Crippen molar-refractivity contribution < 1.29 is 4.79 Å². The normalized spacial score (nSPS) is 12.5. The summed E-state index contributed by atoms with van der Waals surface area (Å²) in [4.78, 5) is 10.3. The minimum Gasteiger partial charge on any atom is -0.298 e. The molecule has 0 aromatic rings. The molecule has 11 heavy (non-hydrogen) atoms. The third-order valence-electron chi connectivity index (χ3n) is 1.26. The molecular weight excluding hydrogens is 136 g/mol. The van der Waals surface area contributed by atoms with E-state index >= 15 is 0 Å². The molecule has 0 atom stereocenters. The summed E-state index contributed by atoms with van der Waals surface area (Å²) in [5.41, 5.74) is 1.51. The molecule has 0 N–H and O–H groups in total. The highest BCUT2D eigenvalue weighted by Crippen LogP contribution is 2.04. The minimum absolute atomic E-state index is 0.679. The van der Waals surface area contributed by atoms with Gasteiger partial charge in [-0.05, 0) is 18.1 Å². The van der Waals surface area contributed by atoms with E-state index in [1.54, 1.807) is 31.2 Å². The lowest BCUT2D eigenvalue weighted by atomic mass is 10.1. The molecule has 0 aromatic carbocycles. The fourth-order valence-corrected chi connectivity index (χ4v) is 0.600. The predicted octanol–water partition coefficient (Wildman–Crippen LogP) is 2.43. The Balaban J connectivity index is 4.64. The summed E-state index contributed by atoms with van der Waals surface area (Å²) in [6.07, 6.45) is 7.67. The van der Waals surface area contributed by atoms with E-state index in [0.717, 1.165) is 11.9 Å². The van der Waals surface area contributed by atoms with Crippen molar-refractivity contribution in [2.24, 2.45) is 0 Å². The van der Waals surface area contributed by atoms with Crippen LogP contribution < -0.4 is 0 Å². The number of rotatable bonds is 4. The molecule has 0 saturated carbocycles. The van der Waals surface area contributed by atoms with E-state index in [1.807, 2.05) is 0 Å². The van der Waals surface area contributed by atoms with E-state index in [2.05, 4.69) is 13.2 Å². The Bertz CT molecular complexity index is 219. The first-order chi connectivity index (χ1) is 5.26. The van der Waals surface area contributed by atoms with Crippen molar-refractivity contribution in [1.29, 1.82) is 0 Å².